The molecule has 20 heavy (non-hydrogen) atoms. The first-order valence-corrected chi connectivity index (χ1v) is 8.88. The Kier molecular flexibility index (Phi) is 3.43. The van der Waals surface area contributed by atoms with Crippen molar-refractivity contribution in [3.63, 3.8) is 0 Å². The van der Waals surface area contributed by atoms with E-state index < -0.39 is 10.0 Å². The van der Waals surface area contributed by atoms with Gasteiger partial charge in [0.25, 0.3) is 0 Å². The summed E-state index contributed by atoms with van der Waals surface area (Å²) in [6.07, 6.45) is 7.27. The number of nitrogens with two attached hydrogens (primary N) is 1. The standard InChI is InChI=1S/C14H23N3O2S/c1-2-14(5-6-14)10-16-20(18,19)13-7-12(8-15)17(9-13)11-3-4-11/h7,9,11,16H,2-6,8,10,15H2,1H3. The molecule has 2 saturated carbocycles. The highest BCUT2D eigenvalue weighted by Crippen LogP contribution is 2.48. The Balaban J connectivity index is 1.76. The van der Waals surface area contributed by atoms with E-state index in [2.05, 4.69) is 11.6 Å². The quantitative estimate of drug-likeness (QED) is 0.805. The molecule has 1 aromatic heterocycles. The predicted octanol–water partition coefficient (Wildman–Crippen LogP) is 1.75. The molecule has 0 aromatic carbocycles. The maximum Gasteiger partial charge on any atom is 0.242 e. The normalized spacial score (nSPS) is 21.1. The topological polar surface area (TPSA) is 77.1 Å². The molecule has 3 N–H and O–H groups in total. The first-order chi connectivity index (χ1) is 9.50. The molecule has 1 heterocycles. The molecule has 0 unspecified atom stereocenters. The highest BCUT2D eigenvalue weighted by atomic mass is 32.2. The fourth-order valence-corrected chi connectivity index (χ4v) is 3.87. The maximum atomic E-state index is 12.4. The number of nitrogens with zero attached hydrogens (tertiary/aromatic N) is 1. The molecule has 2 fully saturated rings. The molecule has 0 radical (unpaired) electrons. The van der Waals surface area contributed by atoms with Crippen molar-refractivity contribution in [2.45, 2.75) is 56.5 Å². The second-order valence-electron chi connectivity index (χ2n) is 6.19. The summed E-state index contributed by atoms with van der Waals surface area (Å²) in [5.74, 6) is 0. The van der Waals surface area contributed by atoms with Crippen molar-refractivity contribution in [1.82, 2.24) is 9.29 Å². The molecule has 2 aliphatic rings. The summed E-state index contributed by atoms with van der Waals surface area (Å²) in [6, 6.07) is 2.16. The molecule has 0 bridgehead atoms. The Morgan fingerprint density at radius 1 is 1.45 bits per heavy atom. The minimum atomic E-state index is -3.41. The second-order valence-corrected chi connectivity index (χ2v) is 7.95. The van der Waals surface area contributed by atoms with Gasteiger partial charge >= 0.3 is 0 Å². The molecule has 112 valence electrons. The summed E-state index contributed by atoms with van der Waals surface area (Å²) in [5.41, 5.74) is 6.83. The van der Waals surface area contributed by atoms with Crippen LogP contribution in [0.25, 0.3) is 0 Å². The second kappa shape index (κ2) is 4.86. The lowest BCUT2D eigenvalue weighted by Crippen LogP contribution is -2.29. The molecule has 3 rings (SSSR count). The van der Waals surface area contributed by atoms with Gasteiger partial charge in [-0.3, -0.25) is 0 Å². The summed E-state index contributed by atoms with van der Waals surface area (Å²) in [4.78, 5) is 0.358. The van der Waals surface area contributed by atoms with Crippen LogP contribution in [0.4, 0.5) is 0 Å². The lowest BCUT2D eigenvalue weighted by molar-refractivity contribution is 0.475. The fourth-order valence-electron chi connectivity index (χ4n) is 2.66. The molecule has 0 aliphatic heterocycles. The average Bonchev–Trinajstić information content (AvgIpc) is 3.35. The Labute approximate surface area is 120 Å². The van der Waals surface area contributed by atoms with Crippen LogP contribution in [0.2, 0.25) is 0 Å². The molecular weight excluding hydrogens is 274 g/mol. The zero-order valence-electron chi connectivity index (χ0n) is 11.9. The molecule has 1 aromatic rings. The van der Waals surface area contributed by atoms with E-state index in [9.17, 15) is 8.42 Å². The van der Waals surface area contributed by atoms with Crippen LogP contribution < -0.4 is 10.5 Å². The van der Waals surface area contributed by atoms with Crippen molar-refractivity contribution in [2.75, 3.05) is 6.54 Å². The minimum absolute atomic E-state index is 0.211. The van der Waals surface area contributed by atoms with Crippen LogP contribution in [-0.4, -0.2) is 19.5 Å². The van der Waals surface area contributed by atoms with Crippen LogP contribution in [0.5, 0.6) is 0 Å². The summed E-state index contributed by atoms with van der Waals surface area (Å²) in [5, 5.41) is 0. The molecule has 5 nitrogen and oxygen atoms in total. The molecule has 0 saturated heterocycles. The number of rotatable bonds is 7. The van der Waals surface area contributed by atoms with E-state index in [0.717, 1.165) is 37.8 Å². The lowest BCUT2D eigenvalue weighted by atomic mass is 10.1. The monoisotopic (exact) mass is 297 g/mol. The number of nitrogens with one attached hydrogen (secondary N) is 1. The van der Waals surface area contributed by atoms with Crippen molar-refractivity contribution < 1.29 is 8.42 Å². The molecule has 0 amide bonds. The van der Waals surface area contributed by atoms with Crippen LogP contribution in [0, 0.1) is 5.41 Å². The van der Waals surface area contributed by atoms with Gasteiger partial charge in [-0.25, -0.2) is 13.1 Å². The number of aromatic nitrogens is 1. The van der Waals surface area contributed by atoms with Gasteiger partial charge in [0.15, 0.2) is 0 Å². The van der Waals surface area contributed by atoms with Gasteiger partial charge in [-0.15, -0.1) is 0 Å². The predicted molar refractivity (Wildman–Crippen MR) is 77.7 cm³/mol. The van der Waals surface area contributed by atoms with E-state index in [0.29, 0.717) is 24.0 Å². The highest BCUT2D eigenvalue weighted by molar-refractivity contribution is 7.89. The van der Waals surface area contributed by atoms with Crippen molar-refractivity contribution in [3.05, 3.63) is 18.0 Å². The Hall–Kier alpha value is -0.850. The van der Waals surface area contributed by atoms with E-state index >= 15 is 0 Å². The Morgan fingerprint density at radius 3 is 2.65 bits per heavy atom. The van der Waals surface area contributed by atoms with Crippen LogP contribution in [0.1, 0.15) is 50.8 Å². The maximum absolute atomic E-state index is 12.4. The Morgan fingerprint density at radius 2 is 2.15 bits per heavy atom. The van der Waals surface area contributed by atoms with Crippen LogP contribution in [0.15, 0.2) is 17.2 Å². The zero-order chi connectivity index (χ0) is 14.4. The van der Waals surface area contributed by atoms with Gasteiger partial charge in [0, 0.05) is 31.0 Å². The average molecular weight is 297 g/mol. The first-order valence-electron chi connectivity index (χ1n) is 7.40. The summed E-state index contributed by atoms with van der Waals surface area (Å²) < 4.78 is 29.6. The molecule has 0 atom stereocenters. The van der Waals surface area contributed by atoms with Gasteiger partial charge in [-0.2, -0.15) is 0 Å². The van der Waals surface area contributed by atoms with Crippen LogP contribution in [0.3, 0.4) is 0 Å². The van der Waals surface area contributed by atoms with Gasteiger partial charge in [-0.1, -0.05) is 6.92 Å². The van der Waals surface area contributed by atoms with Gasteiger partial charge in [0.1, 0.15) is 0 Å². The largest absolute Gasteiger partial charge is 0.346 e. The van der Waals surface area contributed by atoms with Gasteiger partial charge < -0.3 is 10.3 Å². The molecule has 2 aliphatic carbocycles. The summed E-state index contributed by atoms with van der Waals surface area (Å²) in [7, 11) is -3.41. The van der Waals surface area contributed by atoms with Crippen molar-refractivity contribution >= 4 is 10.0 Å². The van der Waals surface area contributed by atoms with Gasteiger partial charge in [-0.05, 0) is 43.6 Å². The minimum Gasteiger partial charge on any atom is -0.346 e. The van der Waals surface area contributed by atoms with Gasteiger partial charge in [0.2, 0.25) is 10.0 Å². The third kappa shape index (κ3) is 2.64. The Bertz CT molecular complexity index is 598. The van der Waals surface area contributed by atoms with Gasteiger partial charge in [0.05, 0.1) is 4.90 Å². The van der Waals surface area contributed by atoms with Crippen molar-refractivity contribution in [2.24, 2.45) is 11.1 Å². The zero-order valence-corrected chi connectivity index (χ0v) is 12.7. The first kappa shape index (κ1) is 14.1. The third-order valence-electron chi connectivity index (χ3n) is 4.71. The fraction of sp³-hybridized carbons (Fsp3) is 0.714. The van der Waals surface area contributed by atoms with Crippen LogP contribution in [-0.2, 0) is 16.6 Å². The van der Waals surface area contributed by atoms with E-state index in [1.165, 1.54) is 0 Å². The van der Waals surface area contributed by atoms with Crippen molar-refractivity contribution in [1.29, 1.82) is 0 Å². The number of sulfonamides is 1. The SMILES string of the molecule is CCC1(CNS(=O)(=O)c2cc(CN)n(C3CC3)c2)CC1. The van der Waals surface area contributed by atoms with Crippen molar-refractivity contribution in [3.8, 4) is 0 Å². The molecular formula is C14H23N3O2S. The molecule has 0 spiro atoms. The molecule has 6 heteroatoms. The number of hydrogen-bond acceptors (Lipinski definition) is 3. The van der Waals surface area contributed by atoms with E-state index in [1.54, 1.807) is 12.3 Å². The lowest BCUT2D eigenvalue weighted by Gasteiger charge is -2.13. The van der Waals surface area contributed by atoms with Crippen LogP contribution >= 0.6 is 0 Å². The van der Waals surface area contributed by atoms with E-state index in [1.807, 2.05) is 4.57 Å². The van der Waals surface area contributed by atoms with E-state index in [-0.39, 0.29) is 5.41 Å². The summed E-state index contributed by atoms with van der Waals surface area (Å²) in [6.45, 7) is 3.06. The number of hydrogen-bond donors (Lipinski definition) is 2. The third-order valence-corrected chi connectivity index (χ3v) is 6.08. The smallest absolute Gasteiger partial charge is 0.242 e. The highest BCUT2D eigenvalue weighted by Gasteiger charge is 2.41. The summed E-state index contributed by atoms with van der Waals surface area (Å²) >= 11 is 0. The van der Waals surface area contributed by atoms with E-state index in [4.69, 9.17) is 5.73 Å².